The highest BCUT2D eigenvalue weighted by atomic mass is 35.5. The van der Waals surface area contributed by atoms with E-state index in [1.54, 1.807) is 21.9 Å². The summed E-state index contributed by atoms with van der Waals surface area (Å²) in [5.41, 5.74) is 5.57. The van der Waals surface area contributed by atoms with Crippen molar-refractivity contribution in [3.63, 3.8) is 0 Å². The van der Waals surface area contributed by atoms with Crippen LogP contribution in [0.3, 0.4) is 0 Å². The van der Waals surface area contributed by atoms with Crippen LogP contribution in [0, 0.1) is 0 Å². The lowest BCUT2D eigenvalue weighted by molar-refractivity contribution is -0.144. The third-order valence-corrected chi connectivity index (χ3v) is 4.26. The fraction of sp³-hybridized carbons (Fsp3) is 0.600. The summed E-state index contributed by atoms with van der Waals surface area (Å²) in [4.78, 5) is 28.1. The number of halogens is 1. The zero-order chi connectivity index (χ0) is 15.5. The number of hydrogen-bond donors (Lipinski definition) is 1. The summed E-state index contributed by atoms with van der Waals surface area (Å²) in [7, 11) is 0. The summed E-state index contributed by atoms with van der Waals surface area (Å²) in [5, 5.41) is 0. The molecule has 2 aliphatic rings. The van der Waals surface area contributed by atoms with E-state index in [0.717, 1.165) is 12.8 Å². The third-order valence-electron chi connectivity index (χ3n) is 4.26. The highest BCUT2D eigenvalue weighted by Crippen LogP contribution is 2.21. The molecule has 0 bridgehead atoms. The first kappa shape index (κ1) is 17.8. The first-order valence-electron chi connectivity index (χ1n) is 7.66. The zero-order valence-electron chi connectivity index (χ0n) is 12.8. The molecule has 0 saturated carbocycles. The first-order valence-corrected chi connectivity index (χ1v) is 7.66. The normalized spacial score (nSPS) is 24.4. The SMILES string of the molecule is Cl.NC[C@H]1CC[C@@H](C(=O)N2CCN(C(=O)c3ccco3)CC2)O1. The minimum Gasteiger partial charge on any atom is -0.459 e. The molecule has 0 spiro atoms. The van der Waals surface area contributed by atoms with E-state index in [2.05, 4.69) is 0 Å². The molecule has 7 nitrogen and oxygen atoms in total. The van der Waals surface area contributed by atoms with Crippen LogP contribution in [0.5, 0.6) is 0 Å². The fourth-order valence-electron chi connectivity index (χ4n) is 2.95. The first-order chi connectivity index (χ1) is 10.7. The maximum atomic E-state index is 12.4. The van der Waals surface area contributed by atoms with E-state index in [1.165, 1.54) is 6.26 Å². The Morgan fingerprint density at radius 2 is 1.87 bits per heavy atom. The molecular weight excluding hydrogens is 322 g/mol. The standard InChI is InChI=1S/C15H21N3O4.ClH/c16-10-11-3-4-13(22-11)15(20)18-7-5-17(6-8-18)14(19)12-2-1-9-21-12;/h1-2,9,11,13H,3-8,10,16H2;1H/t11-,13+;/m1./s1. The summed E-state index contributed by atoms with van der Waals surface area (Å²) in [6, 6.07) is 3.34. The van der Waals surface area contributed by atoms with Gasteiger partial charge in [-0.3, -0.25) is 9.59 Å². The molecule has 8 heteroatoms. The van der Waals surface area contributed by atoms with E-state index in [0.29, 0.717) is 38.5 Å². The Hall–Kier alpha value is -1.57. The van der Waals surface area contributed by atoms with Gasteiger partial charge in [0.15, 0.2) is 5.76 Å². The van der Waals surface area contributed by atoms with Gasteiger partial charge in [-0.25, -0.2) is 0 Å². The highest BCUT2D eigenvalue weighted by Gasteiger charge is 2.34. The van der Waals surface area contributed by atoms with Gasteiger partial charge in [0, 0.05) is 32.7 Å². The van der Waals surface area contributed by atoms with Crippen molar-refractivity contribution in [2.24, 2.45) is 5.73 Å². The predicted molar refractivity (Wildman–Crippen MR) is 85.4 cm³/mol. The van der Waals surface area contributed by atoms with Gasteiger partial charge in [-0.2, -0.15) is 0 Å². The van der Waals surface area contributed by atoms with Gasteiger partial charge >= 0.3 is 0 Å². The number of nitrogens with zero attached hydrogens (tertiary/aromatic N) is 2. The van der Waals surface area contributed by atoms with Crippen molar-refractivity contribution in [1.29, 1.82) is 0 Å². The number of hydrogen-bond acceptors (Lipinski definition) is 5. The topological polar surface area (TPSA) is 89.0 Å². The Kier molecular flexibility index (Phi) is 6.04. The lowest BCUT2D eigenvalue weighted by Gasteiger charge is -2.35. The molecule has 1 aromatic heterocycles. The maximum absolute atomic E-state index is 12.4. The number of carbonyl (C=O) groups excluding carboxylic acids is 2. The Morgan fingerprint density at radius 1 is 1.17 bits per heavy atom. The van der Waals surface area contributed by atoms with Gasteiger partial charge < -0.3 is 24.7 Å². The molecule has 3 heterocycles. The Labute approximate surface area is 141 Å². The number of furan rings is 1. The highest BCUT2D eigenvalue weighted by molar-refractivity contribution is 5.91. The van der Waals surface area contributed by atoms with E-state index in [9.17, 15) is 9.59 Å². The molecule has 1 aromatic rings. The van der Waals surface area contributed by atoms with Gasteiger partial charge in [-0.1, -0.05) is 0 Å². The van der Waals surface area contributed by atoms with Gasteiger partial charge in [0.2, 0.25) is 0 Å². The van der Waals surface area contributed by atoms with Gasteiger partial charge in [-0.05, 0) is 25.0 Å². The quantitative estimate of drug-likeness (QED) is 0.863. The number of rotatable bonds is 3. The molecule has 2 N–H and O–H groups in total. The van der Waals surface area contributed by atoms with Crippen LogP contribution in [0.25, 0.3) is 0 Å². The average Bonchev–Trinajstić information content (AvgIpc) is 3.25. The second-order valence-corrected chi connectivity index (χ2v) is 5.65. The summed E-state index contributed by atoms with van der Waals surface area (Å²) in [6.45, 7) is 2.53. The molecule has 0 aliphatic carbocycles. The average molecular weight is 344 g/mol. The van der Waals surface area contributed by atoms with Crippen LogP contribution in [0.4, 0.5) is 0 Å². The number of ether oxygens (including phenoxy) is 1. The zero-order valence-corrected chi connectivity index (χ0v) is 13.7. The molecule has 0 unspecified atom stereocenters. The van der Waals surface area contributed by atoms with Gasteiger partial charge in [0.1, 0.15) is 6.10 Å². The summed E-state index contributed by atoms with van der Waals surface area (Å²) < 4.78 is 10.8. The Balaban J connectivity index is 0.00000192. The van der Waals surface area contributed by atoms with Crippen LogP contribution in [-0.2, 0) is 9.53 Å². The molecule has 23 heavy (non-hydrogen) atoms. The number of piperazine rings is 1. The van der Waals surface area contributed by atoms with Crippen molar-refractivity contribution < 1.29 is 18.7 Å². The second kappa shape index (κ2) is 7.81. The maximum Gasteiger partial charge on any atom is 0.289 e. The molecule has 0 aromatic carbocycles. The van der Waals surface area contributed by atoms with Gasteiger partial charge in [-0.15, -0.1) is 12.4 Å². The van der Waals surface area contributed by atoms with Crippen molar-refractivity contribution in [3.8, 4) is 0 Å². The van der Waals surface area contributed by atoms with Gasteiger partial charge in [0.25, 0.3) is 11.8 Å². The number of amides is 2. The number of nitrogens with two attached hydrogens (primary N) is 1. The summed E-state index contributed by atoms with van der Waals surface area (Å²) in [6.07, 6.45) is 2.67. The van der Waals surface area contributed by atoms with E-state index >= 15 is 0 Å². The molecule has 2 saturated heterocycles. The second-order valence-electron chi connectivity index (χ2n) is 5.65. The lowest BCUT2D eigenvalue weighted by atomic mass is 10.1. The Bertz CT molecular complexity index is 529. The fourth-order valence-corrected chi connectivity index (χ4v) is 2.95. The molecule has 2 aliphatic heterocycles. The molecule has 0 radical (unpaired) electrons. The third kappa shape index (κ3) is 3.85. The Morgan fingerprint density at radius 3 is 2.43 bits per heavy atom. The molecular formula is C15H22ClN3O4. The largest absolute Gasteiger partial charge is 0.459 e. The van der Waals surface area contributed by atoms with Crippen molar-refractivity contribution in [3.05, 3.63) is 24.2 Å². The summed E-state index contributed by atoms with van der Waals surface area (Å²) >= 11 is 0. The molecule has 2 atom stereocenters. The molecule has 128 valence electrons. The smallest absolute Gasteiger partial charge is 0.289 e. The molecule has 2 amide bonds. The van der Waals surface area contributed by atoms with E-state index in [-0.39, 0.29) is 36.4 Å². The van der Waals surface area contributed by atoms with Crippen LogP contribution in [0.1, 0.15) is 23.4 Å². The van der Waals surface area contributed by atoms with Crippen LogP contribution in [-0.4, -0.2) is 66.5 Å². The van der Waals surface area contributed by atoms with Crippen LogP contribution in [0.2, 0.25) is 0 Å². The van der Waals surface area contributed by atoms with Crippen molar-refractivity contribution >= 4 is 24.2 Å². The van der Waals surface area contributed by atoms with E-state index < -0.39 is 0 Å². The van der Waals surface area contributed by atoms with Crippen LogP contribution >= 0.6 is 12.4 Å². The van der Waals surface area contributed by atoms with E-state index in [4.69, 9.17) is 14.9 Å². The van der Waals surface area contributed by atoms with Crippen molar-refractivity contribution in [1.82, 2.24) is 9.80 Å². The molecule has 3 rings (SSSR count). The predicted octanol–water partition coefficient (Wildman–Crippen LogP) is 0.492. The van der Waals surface area contributed by atoms with Crippen molar-refractivity contribution in [2.75, 3.05) is 32.7 Å². The monoisotopic (exact) mass is 343 g/mol. The van der Waals surface area contributed by atoms with Gasteiger partial charge in [0.05, 0.1) is 12.4 Å². The molecule has 2 fully saturated rings. The van der Waals surface area contributed by atoms with Crippen LogP contribution in [0.15, 0.2) is 22.8 Å². The lowest BCUT2D eigenvalue weighted by Crippen LogP contribution is -2.52. The van der Waals surface area contributed by atoms with Crippen LogP contribution < -0.4 is 5.73 Å². The van der Waals surface area contributed by atoms with E-state index in [1.807, 2.05) is 0 Å². The van der Waals surface area contributed by atoms with Crippen molar-refractivity contribution in [2.45, 2.75) is 25.0 Å². The summed E-state index contributed by atoms with van der Waals surface area (Å²) in [5.74, 6) is 0.225. The minimum atomic E-state index is -0.374. The number of carbonyl (C=O) groups is 2. The minimum absolute atomic E-state index is 0.